The highest BCUT2D eigenvalue weighted by Gasteiger charge is 2.19. The first-order valence-electron chi connectivity index (χ1n) is 6.35. The maximum absolute atomic E-state index is 11.8. The van der Waals surface area contributed by atoms with Gasteiger partial charge in [-0.1, -0.05) is 12.1 Å². The molecule has 1 aromatic rings. The molecule has 0 aromatic heterocycles. The third-order valence-electron chi connectivity index (χ3n) is 3.14. The lowest BCUT2D eigenvalue weighted by molar-refractivity contribution is -0.138. The maximum Gasteiger partial charge on any atom is 0.321 e. The molecule has 0 saturated carbocycles. The van der Waals surface area contributed by atoms with Gasteiger partial charge in [-0.25, -0.2) is 13.1 Å². The number of benzene rings is 1. The van der Waals surface area contributed by atoms with Crippen LogP contribution in [-0.2, 0) is 27.7 Å². The number of carboxylic acid groups (broad SMARTS) is 1. The molecule has 1 aliphatic rings. The maximum atomic E-state index is 11.8. The van der Waals surface area contributed by atoms with Crippen molar-refractivity contribution in [2.45, 2.75) is 25.8 Å². The third kappa shape index (κ3) is 3.71. The summed E-state index contributed by atoms with van der Waals surface area (Å²) in [6.07, 6.45) is 1.18. The molecule has 0 amide bonds. The monoisotopic (exact) mass is 299 g/mol. The molecule has 6 nitrogen and oxygen atoms in total. The number of aryl methyl sites for hydroxylation is 1. The lowest BCUT2D eigenvalue weighted by Gasteiger charge is -2.10. The Bertz CT molecular complexity index is 611. The number of ether oxygens (including phenoxy) is 1. The SMILES string of the molecule is C[C@@H](NS(=O)(=O)CCc1ccc2c(c1)CCO2)C(=O)O. The van der Waals surface area contributed by atoms with Crippen molar-refractivity contribution in [3.8, 4) is 5.75 Å². The molecule has 2 N–H and O–H groups in total. The van der Waals surface area contributed by atoms with Crippen LogP contribution in [0, 0.1) is 0 Å². The highest BCUT2D eigenvalue weighted by atomic mass is 32.2. The zero-order chi connectivity index (χ0) is 14.8. The van der Waals surface area contributed by atoms with Gasteiger partial charge in [-0.2, -0.15) is 0 Å². The number of fused-ring (bicyclic) bond motifs is 1. The summed E-state index contributed by atoms with van der Waals surface area (Å²) < 4.78 is 31.0. The molecule has 1 atom stereocenters. The zero-order valence-corrected chi connectivity index (χ0v) is 11.9. The highest BCUT2D eigenvalue weighted by Crippen LogP contribution is 2.26. The van der Waals surface area contributed by atoms with Gasteiger partial charge >= 0.3 is 5.97 Å². The fourth-order valence-electron chi connectivity index (χ4n) is 2.03. The molecule has 0 saturated heterocycles. The van der Waals surface area contributed by atoms with Gasteiger partial charge in [-0.3, -0.25) is 4.79 Å². The normalized spacial score (nSPS) is 15.4. The van der Waals surface area contributed by atoms with E-state index in [4.69, 9.17) is 9.84 Å². The summed E-state index contributed by atoms with van der Waals surface area (Å²) in [6, 6.07) is 4.50. The second kappa shape index (κ2) is 5.80. The molecule has 0 bridgehead atoms. The predicted octanol–water partition coefficient (Wildman–Crippen LogP) is 0.556. The summed E-state index contributed by atoms with van der Waals surface area (Å²) in [5.41, 5.74) is 1.99. The predicted molar refractivity (Wildman–Crippen MR) is 73.4 cm³/mol. The van der Waals surface area contributed by atoms with E-state index in [2.05, 4.69) is 4.72 Å². The van der Waals surface area contributed by atoms with Crippen LogP contribution >= 0.6 is 0 Å². The van der Waals surface area contributed by atoms with E-state index in [9.17, 15) is 13.2 Å². The van der Waals surface area contributed by atoms with Crippen molar-refractivity contribution in [1.82, 2.24) is 4.72 Å². The van der Waals surface area contributed by atoms with E-state index < -0.39 is 22.0 Å². The highest BCUT2D eigenvalue weighted by molar-refractivity contribution is 7.89. The Morgan fingerprint density at radius 2 is 2.25 bits per heavy atom. The lowest BCUT2D eigenvalue weighted by Crippen LogP contribution is -2.39. The van der Waals surface area contributed by atoms with Gasteiger partial charge < -0.3 is 9.84 Å². The van der Waals surface area contributed by atoms with Gasteiger partial charge in [0.1, 0.15) is 11.8 Å². The number of carboxylic acids is 1. The first-order chi connectivity index (χ1) is 9.37. The van der Waals surface area contributed by atoms with Crippen molar-refractivity contribution < 1.29 is 23.1 Å². The topological polar surface area (TPSA) is 92.7 Å². The van der Waals surface area contributed by atoms with E-state index in [-0.39, 0.29) is 5.75 Å². The molecule has 110 valence electrons. The minimum absolute atomic E-state index is 0.135. The number of sulfonamides is 1. The van der Waals surface area contributed by atoms with Crippen LogP contribution in [0.3, 0.4) is 0 Å². The molecule has 1 heterocycles. The zero-order valence-electron chi connectivity index (χ0n) is 11.1. The molecule has 0 spiro atoms. The molecule has 7 heteroatoms. The van der Waals surface area contributed by atoms with Gasteiger partial charge in [0, 0.05) is 6.42 Å². The first-order valence-corrected chi connectivity index (χ1v) is 8.00. The Morgan fingerprint density at radius 3 is 2.95 bits per heavy atom. The van der Waals surface area contributed by atoms with Gasteiger partial charge in [-0.15, -0.1) is 0 Å². The van der Waals surface area contributed by atoms with Gasteiger partial charge in [-0.05, 0) is 30.5 Å². The Kier molecular flexibility index (Phi) is 4.29. The summed E-state index contributed by atoms with van der Waals surface area (Å²) in [5.74, 6) is -0.470. The minimum atomic E-state index is -3.60. The Labute approximate surface area is 117 Å². The Hall–Kier alpha value is -1.60. The summed E-state index contributed by atoms with van der Waals surface area (Å²) in [6.45, 7) is 1.96. The molecule has 0 unspecified atom stereocenters. The minimum Gasteiger partial charge on any atom is -0.493 e. The Balaban J connectivity index is 1.96. The molecular formula is C13H17NO5S. The van der Waals surface area contributed by atoms with E-state index in [0.29, 0.717) is 13.0 Å². The second-order valence-corrected chi connectivity index (χ2v) is 6.66. The first kappa shape index (κ1) is 14.8. The van der Waals surface area contributed by atoms with Crippen LogP contribution in [0.25, 0.3) is 0 Å². The Morgan fingerprint density at radius 1 is 1.50 bits per heavy atom. The van der Waals surface area contributed by atoms with Crippen LogP contribution in [0.1, 0.15) is 18.1 Å². The van der Waals surface area contributed by atoms with Crippen molar-refractivity contribution in [3.05, 3.63) is 29.3 Å². The standard InChI is InChI=1S/C13H17NO5S/c1-9(13(15)16)14-20(17,18)7-5-10-2-3-12-11(8-10)4-6-19-12/h2-3,8-9,14H,4-7H2,1H3,(H,15,16)/t9-/m1/s1. The molecule has 1 aromatic carbocycles. The number of rotatable bonds is 6. The van der Waals surface area contributed by atoms with Crippen LogP contribution < -0.4 is 9.46 Å². The number of nitrogens with one attached hydrogen (secondary N) is 1. The third-order valence-corrected chi connectivity index (χ3v) is 4.59. The van der Waals surface area contributed by atoms with E-state index >= 15 is 0 Å². The molecular weight excluding hydrogens is 282 g/mol. The second-order valence-electron chi connectivity index (χ2n) is 4.79. The van der Waals surface area contributed by atoms with E-state index in [1.165, 1.54) is 6.92 Å². The van der Waals surface area contributed by atoms with Crippen LogP contribution in [0.5, 0.6) is 5.75 Å². The van der Waals surface area contributed by atoms with Gasteiger partial charge in [0.05, 0.1) is 12.4 Å². The van der Waals surface area contributed by atoms with E-state index in [1.807, 2.05) is 18.2 Å². The van der Waals surface area contributed by atoms with Crippen molar-refractivity contribution in [2.24, 2.45) is 0 Å². The largest absolute Gasteiger partial charge is 0.493 e. The molecule has 2 rings (SSSR count). The molecule has 0 fully saturated rings. The average Bonchev–Trinajstić information content (AvgIpc) is 2.83. The number of carbonyl (C=O) groups is 1. The van der Waals surface area contributed by atoms with Gasteiger partial charge in [0.2, 0.25) is 10.0 Å². The van der Waals surface area contributed by atoms with Crippen LogP contribution in [0.4, 0.5) is 0 Å². The molecule has 0 aliphatic carbocycles. The molecule has 20 heavy (non-hydrogen) atoms. The van der Waals surface area contributed by atoms with Crippen molar-refractivity contribution in [2.75, 3.05) is 12.4 Å². The molecule has 0 radical (unpaired) electrons. The summed E-state index contributed by atoms with van der Waals surface area (Å²) in [5, 5.41) is 8.70. The van der Waals surface area contributed by atoms with E-state index in [0.717, 1.165) is 23.3 Å². The van der Waals surface area contributed by atoms with Crippen molar-refractivity contribution in [1.29, 1.82) is 0 Å². The van der Waals surface area contributed by atoms with Gasteiger partial charge in [0.15, 0.2) is 0 Å². The number of hydrogen-bond acceptors (Lipinski definition) is 4. The molecule has 1 aliphatic heterocycles. The fraction of sp³-hybridized carbons (Fsp3) is 0.462. The van der Waals surface area contributed by atoms with Crippen LogP contribution in [-0.4, -0.2) is 37.9 Å². The van der Waals surface area contributed by atoms with Gasteiger partial charge in [0.25, 0.3) is 0 Å². The smallest absolute Gasteiger partial charge is 0.321 e. The quantitative estimate of drug-likeness (QED) is 0.800. The van der Waals surface area contributed by atoms with Crippen molar-refractivity contribution in [3.63, 3.8) is 0 Å². The van der Waals surface area contributed by atoms with Crippen LogP contribution in [0.2, 0.25) is 0 Å². The summed E-state index contributed by atoms with van der Waals surface area (Å²) in [4.78, 5) is 10.6. The summed E-state index contributed by atoms with van der Waals surface area (Å²) >= 11 is 0. The number of hydrogen-bond donors (Lipinski definition) is 2. The fourth-order valence-corrected chi connectivity index (χ4v) is 3.29. The van der Waals surface area contributed by atoms with Crippen LogP contribution in [0.15, 0.2) is 18.2 Å². The van der Waals surface area contributed by atoms with E-state index in [1.54, 1.807) is 0 Å². The van der Waals surface area contributed by atoms with Crippen molar-refractivity contribution >= 4 is 16.0 Å². The average molecular weight is 299 g/mol. The summed E-state index contributed by atoms with van der Waals surface area (Å²) in [7, 11) is -3.60. The number of aliphatic carboxylic acids is 1. The lowest BCUT2D eigenvalue weighted by atomic mass is 10.1.